The fourth-order valence-electron chi connectivity index (χ4n) is 0.926. The number of nitrogens with zero attached hydrogens (tertiary/aromatic N) is 1. The standard InChI is InChI=1S/C10H15NO5/c1-4-5-8(12)11(6-9(13)15-2)7-10(14)16-3/h4H,1,5-7H2,2-3H3. The van der Waals surface area contributed by atoms with E-state index in [2.05, 4.69) is 16.1 Å². The van der Waals surface area contributed by atoms with Gasteiger partial charge in [0.2, 0.25) is 5.91 Å². The van der Waals surface area contributed by atoms with Gasteiger partial charge in [0.25, 0.3) is 0 Å². The molecule has 0 spiro atoms. The van der Waals surface area contributed by atoms with E-state index in [0.29, 0.717) is 0 Å². The lowest BCUT2D eigenvalue weighted by Gasteiger charge is -2.19. The van der Waals surface area contributed by atoms with Gasteiger partial charge in [-0.3, -0.25) is 14.4 Å². The highest BCUT2D eigenvalue weighted by Gasteiger charge is 2.19. The first-order chi connectivity index (χ1) is 7.54. The molecule has 0 aromatic heterocycles. The average Bonchev–Trinajstić information content (AvgIpc) is 2.27. The quantitative estimate of drug-likeness (QED) is 0.463. The van der Waals surface area contributed by atoms with E-state index in [0.717, 1.165) is 4.90 Å². The lowest BCUT2D eigenvalue weighted by atomic mass is 10.3. The van der Waals surface area contributed by atoms with Crippen LogP contribution in [0, 0.1) is 0 Å². The summed E-state index contributed by atoms with van der Waals surface area (Å²) in [5, 5.41) is 0. The normalized spacial score (nSPS) is 9.12. The first-order valence-corrected chi connectivity index (χ1v) is 4.57. The second-order valence-electron chi connectivity index (χ2n) is 2.89. The maximum absolute atomic E-state index is 11.5. The molecule has 90 valence electrons. The molecule has 0 unspecified atom stereocenters. The predicted octanol–water partition coefficient (Wildman–Crippen LogP) is -0.263. The SMILES string of the molecule is C=CCC(=O)N(CC(=O)OC)CC(=O)OC. The van der Waals surface area contributed by atoms with E-state index in [-0.39, 0.29) is 25.4 Å². The van der Waals surface area contributed by atoms with Gasteiger partial charge < -0.3 is 14.4 Å². The fraction of sp³-hybridized carbons (Fsp3) is 0.500. The van der Waals surface area contributed by atoms with Crippen molar-refractivity contribution in [3.05, 3.63) is 12.7 Å². The van der Waals surface area contributed by atoms with E-state index in [9.17, 15) is 14.4 Å². The van der Waals surface area contributed by atoms with Crippen LogP contribution in [0.25, 0.3) is 0 Å². The minimum Gasteiger partial charge on any atom is -0.468 e. The summed E-state index contributed by atoms with van der Waals surface area (Å²) >= 11 is 0. The molecule has 0 radical (unpaired) electrons. The van der Waals surface area contributed by atoms with Gasteiger partial charge in [0.15, 0.2) is 0 Å². The summed E-state index contributed by atoms with van der Waals surface area (Å²) in [5.74, 6) is -1.58. The van der Waals surface area contributed by atoms with E-state index in [4.69, 9.17) is 0 Å². The third kappa shape index (κ3) is 5.14. The van der Waals surface area contributed by atoms with E-state index in [1.54, 1.807) is 0 Å². The summed E-state index contributed by atoms with van der Waals surface area (Å²) in [6, 6.07) is 0. The van der Waals surface area contributed by atoms with Crippen molar-refractivity contribution in [2.24, 2.45) is 0 Å². The number of esters is 2. The Labute approximate surface area is 93.8 Å². The number of hydrogen-bond donors (Lipinski definition) is 0. The number of ether oxygens (including phenoxy) is 2. The second-order valence-corrected chi connectivity index (χ2v) is 2.89. The monoisotopic (exact) mass is 229 g/mol. The Morgan fingerprint density at radius 1 is 1.12 bits per heavy atom. The lowest BCUT2D eigenvalue weighted by Crippen LogP contribution is -2.39. The molecule has 0 fully saturated rings. The summed E-state index contributed by atoms with van der Waals surface area (Å²) < 4.78 is 8.83. The molecule has 0 N–H and O–H groups in total. The van der Waals surface area contributed by atoms with Crippen LogP contribution in [0.15, 0.2) is 12.7 Å². The summed E-state index contributed by atoms with van der Waals surface area (Å²) in [5.41, 5.74) is 0. The number of carbonyl (C=O) groups is 3. The van der Waals surface area contributed by atoms with E-state index < -0.39 is 11.9 Å². The number of rotatable bonds is 6. The third-order valence-electron chi connectivity index (χ3n) is 1.77. The van der Waals surface area contributed by atoms with Gasteiger partial charge in [0.1, 0.15) is 13.1 Å². The largest absolute Gasteiger partial charge is 0.468 e. The van der Waals surface area contributed by atoms with Crippen LogP contribution in [0.2, 0.25) is 0 Å². The molecule has 16 heavy (non-hydrogen) atoms. The average molecular weight is 229 g/mol. The Hall–Kier alpha value is -1.85. The molecule has 0 aliphatic rings. The van der Waals surface area contributed by atoms with E-state index in [1.165, 1.54) is 20.3 Å². The zero-order valence-corrected chi connectivity index (χ0v) is 9.39. The summed E-state index contributed by atoms with van der Waals surface area (Å²) in [4.78, 5) is 34.6. The Balaban J connectivity index is 4.48. The van der Waals surface area contributed by atoms with Crippen molar-refractivity contribution in [2.45, 2.75) is 6.42 Å². The lowest BCUT2D eigenvalue weighted by molar-refractivity contribution is -0.151. The van der Waals surface area contributed by atoms with Crippen LogP contribution in [0.1, 0.15) is 6.42 Å². The van der Waals surface area contributed by atoms with Crippen LogP contribution in [-0.2, 0) is 23.9 Å². The molecule has 0 atom stereocenters. The Kier molecular flexibility index (Phi) is 6.58. The summed E-state index contributed by atoms with van der Waals surface area (Å²) in [7, 11) is 2.41. The van der Waals surface area contributed by atoms with Crippen molar-refractivity contribution in [1.82, 2.24) is 4.90 Å². The molecule has 0 heterocycles. The van der Waals surface area contributed by atoms with Crippen molar-refractivity contribution in [1.29, 1.82) is 0 Å². The number of methoxy groups -OCH3 is 2. The van der Waals surface area contributed by atoms with Gasteiger partial charge >= 0.3 is 11.9 Å². The molecule has 6 heteroatoms. The highest BCUT2D eigenvalue weighted by atomic mass is 16.5. The number of carbonyl (C=O) groups excluding carboxylic acids is 3. The first-order valence-electron chi connectivity index (χ1n) is 4.57. The van der Waals surface area contributed by atoms with Crippen LogP contribution in [-0.4, -0.2) is 50.1 Å². The van der Waals surface area contributed by atoms with Crippen LogP contribution >= 0.6 is 0 Å². The fourth-order valence-corrected chi connectivity index (χ4v) is 0.926. The molecule has 0 aliphatic carbocycles. The maximum atomic E-state index is 11.5. The van der Waals surface area contributed by atoms with Crippen molar-refractivity contribution < 1.29 is 23.9 Å². The molecule has 0 bridgehead atoms. The van der Waals surface area contributed by atoms with Crippen molar-refractivity contribution >= 4 is 17.8 Å². The van der Waals surface area contributed by atoms with Gasteiger partial charge in [0.05, 0.1) is 14.2 Å². The zero-order valence-electron chi connectivity index (χ0n) is 9.39. The van der Waals surface area contributed by atoms with Gasteiger partial charge in [-0.15, -0.1) is 6.58 Å². The second kappa shape index (κ2) is 7.44. The van der Waals surface area contributed by atoms with Gasteiger partial charge in [-0.2, -0.15) is 0 Å². The molecule has 0 aromatic carbocycles. The van der Waals surface area contributed by atoms with Gasteiger partial charge in [-0.1, -0.05) is 6.08 Å². The number of hydrogen-bond acceptors (Lipinski definition) is 5. The molecular weight excluding hydrogens is 214 g/mol. The first kappa shape index (κ1) is 14.2. The summed E-state index contributed by atoms with van der Waals surface area (Å²) in [6.45, 7) is 2.84. The van der Waals surface area contributed by atoms with Gasteiger partial charge in [0, 0.05) is 6.42 Å². The minimum absolute atomic E-state index is 0.0496. The van der Waals surface area contributed by atoms with Crippen LogP contribution in [0.5, 0.6) is 0 Å². The van der Waals surface area contributed by atoms with Crippen molar-refractivity contribution in [3.63, 3.8) is 0 Å². The third-order valence-corrected chi connectivity index (χ3v) is 1.77. The molecule has 6 nitrogen and oxygen atoms in total. The van der Waals surface area contributed by atoms with Crippen molar-refractivity contribution in [3.8, 4) is 0 Å². The smallest absolute Gasteiger partial charge is 0.325 e. The maximum Gasteiger partial charge on any atom is 0.325 e. The molecular formula is C10H15NO5. The van der Waals surface area contributed by atoms with E-state index >= 15 is 0 Å². The Morgan fingerprint density at radius 2 is 1.56 bits per heavy atom. The van der Waals surface area contributed by atoms with Crippen LogP contribution in [0.3, 0.4) is 0 Å². The zero-order chi connectivity index (χ0) is 12.6. The van der Waals surface area contributed by atoms with E-state index in [1.807, 2.05) is 0 Å². The molecule has 0 saturated carbocycles. The highest BCUT2D eigenvalue weighted by Crippen LogP contribution is 1.97. The van der Waals surface area contributed by atoms with Crippen LogP contribution in [0.4, 0.5) is 0 Å². The molecule has 0 aromatic rings. The minimum atomic E-state index is -0.596. The number of amides is 1. The summed E-state index contributed by atoms with van der Waals surface area (Å²) in [6.07, 6.45) is 1.44. The van der Waals surface area contributed by atoms with Crippen molar-refractivity contribution in [2.75, 3.05) is 27.3 Å². The molecule has 0 aliphatic heterocycles. The topological polar surface area (TPSA) is 72.9 Å². The molecule has 0 saturated heterocycles. The molecule has 0 rings (SSSR count). The molecule has 1 amide bonds. The van der Waals surface area contributed by atoms with Gasteiger partial charge in [-0.05, 0) is 0 Å². The van der Waals surface area contributed by atoms with Crippen LogP contribution < -0.4 is 0 Å². The predicted molar refractivity (Wildman–Crippen MR) is 55.4 cm³/mol. The Morgan fingerprint density at radius 3 is 1.88 bits per heavy atom. The highest BCUT2D eigenvalue weighted by molar-refractivity contribution is 5.86. The van der Waals surface area contributed by atoms with Gasteiger partial charge in [-0.25, -0.2) is 0 Å². The Bertz CT molecular complexity index is 269.